The van der Waals surface area contributed by atoms with Gasteiger partial charge in [0.15, 0.2) is 0 Å². The Balaban J connectivity index is 3.82. The monoisotopic (exact) mass is 144 g/mol. The molecular formula is C6H12N2O2. The van der Waals surface area contributed by atoms with Crippen LogP contribution in [0.1, 0.15) is 6.42 Å². The van der Waals surface area contributed by atoms with Gasteiger partial charge in [0.2, 0.25) is 0 Å². The standard InChI is InChI=1S/C6H12N2O2/c1-4(2-3-7)5(8)6(9)10/h5H,1-3,7-8H2,(H,9,10). The van der Waals surface area contributed by atoms with Crippen molar-refractivity contribution in [2.45, 2.75) is 12.5 Å². The maximum atomic E-state index is 10.2. The van der Waals surface area contributed by atoms with Crippen molar-refractivity contribution in [3.8, 4) is 0 Å². The van der Waals surface area contributed by atoms with Gasteiger partial charge in [0, 0.05) is 0 Å². The zero-order chi connectivity index (χ0) is 8.15. The summed E-state index contributed by atoms with van der Waals surface area (Å²) in [5.74, 6) is -1.06. The fraction of sp³-hybridized carbons (Fsp3) is 0.500. The van der Waals surface area contributed by atoms with Crippen molar-refractivity contribution >= 4 is 5.97 Å². The van der Waals surface area contributed by atoms with Crippen LogP contribution in [-0.2, 0) is 4.79 Å². The molecule has 0 rings (SSSR count). The summed E-state index contributed by atoms with van der Waals surface area (Å²) in [7, 11) is 0. The number of nitrogens with two attached hydrogens (primary N) is 2. The predicted octanol–water partition coefficient (Wildman–Crippen LogP) is -0.697. The minimum Gasteiger partial charge on any atom is -0.480 e. The van der Waals surface area contributed by atoms with Crippen molar-refractivity contribution in [2.24, 2.45) is 11.5 Å². The van der Waals surface area contributed by atoms with Crippen molar-refractivity contribution in [1.82, 2.24) is 0 Å². The Bertz CT molecular complexity index is 145. The average molecular weight is 144 g/mol. The molecule has 0 saturated carbocycles. The molecule has 0 spiro atoms. The van der Waals surface area contributed by atoms with Crippen LogP contribution >= 0.6 is 0 Å². The molecule has 58 valence electrons. The third-order valence-electron chi connectivity index (χ3n) is 1.17. The van der Waals surface area contributed by atoms with Crippen LogP contribution in [0.3, 0.4) is 0 Å². The molecule has 0 aromatic heterocycles. The number of carboxylic acids is 1. The first-order valence-corrected chi connectivity index (χ1v) is 2.95. The molecule has 0 saturated heterocycles. The van der Waals surface area contributed by atoms with E-state index >= 15 is 0 Å². The molecular weight excluding hydrogens is 132 g/mol. The summed E-state index contributed by atoms with van der Waals surface area (Å²) in [4.78, 5) is 10.2. The summed E-state index contributed by atoms with van der Waals surface area (Å²) in [5, 5.41) is 8.35. The van der Waals surface area contributed by atoms with Crippen molar-refractivity contribution < 1.29 is 9.90 Å². The van der Waals surface area contributed by atoms with Crippen LogP contribution < -0.4 is 11.5 Å². The third-order valence-corrected chi connectivity index (χ3v) is 1.17. The van der Waals surface area contributed by atoms with E-state index in [-0.39, 0.29) is 0 Å². The van der Waals surface area contributed by atoms with Crippen molar-refractivity contribution in [3.05, 3.63) is 12.2 Å². The molecule has 0 heterocycles. The Labute approximate surface area is 59.5 Å². The van der Waals surface area contributed by atoms with Gasteiger partial charge in [0.1, 0.15) is 6.04 Å². The highest BCUT2D eigenvalue weighted by atomic mass is 16.4. The fourth-order valence-electron chi connectivity index (χ4n) is 0.516. The van der Waals surface area contributed by atoms with Crippen molar-refractivity contribution in [2.75, 3.05) is 6.54 Å². The first-order valence-electron chi connectivity index (χ1n) is 2.95. The normalized spacial score (nSPS) is 12.6. The van der Waals surface area contributed by atoms with E-state index in [1.54, 1.807) is 0 Å². The molecule has 10 heavy (non-hydrogen) atoms. The first kappa shape index (κ1) is 9.13. The highest BCUT2D eigenvalue weighted by Crippen LogP contribution is 2.00. The minimum absolute atomic E-state index is 0.389. The van der Waals surface area contributed by atoms with Gasteiger partial charge in [-0.2, -0.15) is 0 Å². The summed E-state index contributed by atoms with van der Waals surface area (Å²) >= 11 is 0. The average Bonchev–Trinajstić information content (AvgIpc) is 1.87. The van der Waals surface area contributed by atoms with E-state index in [2.05, 4.69) is 6.58 Å². The van der Waals surface area contributed by atoms with Gasteiger partial charge in [-0.25, -0.2) is 0 Å². The lowest BCUT2D eigenvalue weighted by atomic mass is 10.1. The van der Waals surface area contributed by atoms with E-state index < -0.39 is 12.0 Å². The van der Waals surface area contributed by atoms with Crippen molar-refractivity contribution in [1.29, 1.82) is 0 Å². The number of hydrogen-bond donors (Lipinski definition) is 3. The topological polar surface area (TPSA) is 89.3 Å². The van der Waals surface area contributed by atoms with Gasteiger partial charge < -0.3 is 16.6 Å². The Morgan fingerprint density at radius 3 is 2.50 bits per heavy atom. The van der Waals surface area contributed by atoms with Gasteiger partial charge in [-0.3, -0.25) is 4.79 Å². The summed E-state index contributed by atoms with van der Waals surface area (Å²) in [5.41, 5.74) is 10.8. The summed E-state index contributed by atoms with van der Waals surface area (Å²) in [6.45, 7) is 3.87. The second-order valence-electron chi connectivity index (χ2n) is 2.01. The van der Waals surface area contributed by atoms with E-state index in [0.29, 0.717) is 18.5 Å². The van der Waals surface area contributed by atoms with Crippen LogP contribution in [0.2, 0.25) is 0 Å². The van der Waals surface area contributed by atoms with Gasteiger partial charge in [-0.1, -0.05) is 6.58 Å². The number of carboxylic acid groups (broad SMARTS) is 1. The van der Waals surface area contributed by atoms with Gasteiger partial charge in [0.25, 0.3) is 0 Å². The third kappa shape index (κ3) is 2.61. The Kier molecular flexibility index (Phi) is 3.68. The Morgan fingerprint density at radius 1 is 1.70 bits per heavy atom. The maximum absolute atomic E-state index is 10.2. The van der Waals surface area contributed by atoms with Crippen LogP contribution in [0.5, 0.6) is 0 Å². The lowest BCUT2D eigenvalue weighted by molar-refractivity contribution is -0.137. The Morgan fingerprint density at radius 2 is 2.20 bits per heavy atom. The van der Waals surface area contributed by atoms with E-state index in [4.69, 9.17) is 16.6 Å². The molecule has 1 unspecified atom stereocenters. The number of carbonyl (C=O) groups is 1. The highest BCUT2D eigenvalue weighted by molar-refractivity contribution is 5.76. The molecule has 0 bridgehead atoms. The van der Waals surface area contributed by atoms with E-state index in [1.807, 2.05) is 0 Å². The lowest BCUT2D eigenvalue weighted by Gasteiger charge is -2.07. The molecule has 1 atom stereocenters. The quantitative estimate of drug-likeness (QED) is 0.455. The van der Waals surface area contributed by atoms with Crippen molar-refractivity contribution in [3.63, 3.8) is 0 Å². The molecule has 0 fully saturated rings. The van der Waals surface area contributed by atoms with Crippen LogP contribution in [0.15, 0.2) is 12.2 Å². The molecule has 0 aliphatic heterocycles. The van der Waals surface area contributed by atoms with Gasteiger partial charge in [-0.05, 0) is 18.5 Å². The molecule has 0 radical (unpaired) electrons. The molecule has 0 aromatic rings. The van der Waals surface area contributed by atoms with Crippen LogP contribution in [0, 0.1) is 0 Å². The zero-order valence-corrected chi connectivity index (χ0v) is 5.71. The Hall–Kier alpha value is -0.870. The summed E-state index contributed by atoms with van der Waals surface area (Å²) in [6.07, 6.45) is 0.466. The molecule has 0 aromatic carbocycles. The second kappa shape index (κ2) is 4.03. The number of aliphatic carboxylic acids is 1. The highest BCUT2D eigenvalue weighted by Gasteiger charge is 2.13. The maximum Gasteiger partial charge on any atom is 0.324 e. The molecule has 4 nitrogen and oxygen atoms in total. The molecule has 0 aliphatic carbocycles. The molecule has 4 heteroatoms. The van der Waals surface area contributed by atoms with Gasteiger partial charge in [-0.15, -0.1) is 0 Å². The van der Waals surface area contributed by atoms with Crippen LogP contribution in [0.25, 0.3) is 0 Å². The van der Waals surface area contributed by atoms with Gasteiger partial charge >= 0.3 is 5.97 Å². The second-order valence-corrected chi connectivity index (χ2v) is 2.01. The first-order chi connectivity index (χ1) is 4.59. The molecule has 5 N–H and O–H groups in total. The largest absolute Gasteiger partial charge is 0.480 e. The fourth-order valence-corrected chi connectivity index (χ4v) is 0.516. The minimum atomic E-state index is -1.06. The van der Waals surface area contributed by atoms with E-state index in [0.717, 1.165) is 0 Å². The summed E-state index contributed by atoms with van der Waals surface area (Å²) in [6, 6.07) is -0.969. The lowest BCUT2D eigenvalue weighted by Crippen LogP contribution is -2.32. The van der Waals surface area contributed by atoms with E-state index in [1.165, 1.54) is 0 Å². The summed E-state index contributed by atoms with van der Waals surface area (Å²) < 4.78 is 0. The SMILES string of the molecule is C=C(CCN)C(N)C(=O)O. The number of rotatable bonds is 4. The van der Waals surface area contributed by atoms with Gasteiger partial charge in [0.05, 0.1) is 0 Å². The molecule has 0 amide bonds. The predicted molar refractivity (Wildman–Crippen MR) is 38.4 cm³/mol. The van der Waals surface area contributed by atoms with Crippen LogP contribution in [-0.4, -0.2) is 23.7 Å². The number of hydrogen-bond acceptors (Lipinski definition) is 3. The molecule has 0 aliphatic rings. The van der Waals surface area contributed by atoms with E-state index in [9.17, 15) is 4.79 Å². The zero-order valence-electron chi connectivity index (χ0n) is 5.71. The smallest absolute Gasteiger partial charge is 0.324 e. The van der Waals surface area contributed by atoms with Crippen LogP contribution in [0.4, 0.5) is 0 Å².